The second-order valence-corrected chi connectivity index (χ2v) is 3.56. The molecule has 0 aliphatic rings. The minimum atomic E-state index is -4.35. The molecule has 8 heteroatoms. The van der Waals surface area contributed by atoms with Gasteiger partial charge in [0.05, 0.1) is 12.2 Å². The molecule has 92 valence electrons. The zero-order valence-corrected chi connectivity index (χ0v) is 9.48. The van der Waals surface area contributed by atoms with E-state index in [1.54, 1.807) is 14.0 Å². The second kappa shape index (κ2) is 5.03. The van der Waals surface area contributed by atoms with Crippen LogP contribution in [-0.2, 0) is 18.4 Å². The molecule has 1 N–H and O–H groups in total. The third-order valence-electron chi connectivity index (χ3n) is 1.86. The van der Waals surface area contributed by atoms with Crippen LogP contribution in [0.25, 0.3) is 0 Å². The number of alkyl halides is 3. The van der Waals surface area contributed by atoms with Crippen LogP contribution < -0.4 is 5.48 Å². The molecule has 0 saturated heterocycles. The molecule has 0 radical (unpaired) electrons. The summed E-state index contributed by atoms with van der Waals surface area (Å²) >= 11 is 5.87. The van der Waals surface area contributed by atoms with Crippen LogP contribution in [0.1, 0.15) is 11.3 Å². The summed E-state index contributed by atoms with van der Waals surface area (Å²) in [5, 5.41) is 4.38. The van der Waals surface area contributed by atoms with E-state index >= 15 is 0 Å². The first kappa shape index (κ1) is 13.3. The average molecular weight is 258 g/mol. The van der Waals surface area contributed by atoms with Crippen LogP contribution >= 0.6 is 11.6 Å². The smallest absolute Gasteiger partial charge is 0.292 e. The predicted octanol–water partition coefficient (Wildman–Crippen LogP) is 1.97. The first-order valence-electron chi connectivity index (χ1n) is 4.40. The highest BCUT2D eigenvalue weighted by atomic mass is 35.5. The molecule has 0 amide bonds. The Labute approximate surface area is 95.3 Å². The molecule has 1 aromatic heterocycles. The molecule has 0 spiro atoms. The first-order chi connectivity index (χ1) is 7.31. The fourth-order valence-corrected chi connectivity index (χ4v) is 1.37. The van der Waals surface area contributed by atoms with Crippen molar-refractivity contribution < 1.29 is 18.0 Å². The zero-order chi connectivity index (χ0) is 12.3. The van der Waals surface area contributed by atoms with Crippen molar-refractivity contribution in [1.29, 1.82) is 0 Å². The second-order valence-electron chi connectivity index (χ2n) is 3.20. The van der Waals surface area contributed by atoms with Crippen molar-refractivity contribution in [3.63, 3.8) is 0 Å². The maximum Gasteiger partial charge on any atom is 0.413 e. The lowest BCUT2D eigenvalue weighted by molar-refractivity contribution is -0.190. The van der Waals surface area contributed by atoms with Crippen LogP contribution in [0.3, 0.4) is 0 Å². The molecule has 0 aromatic carbocycles. The van der Waals surface area contributed by atoms with Gasteiger partial charge in [0.25, 0.3) is 0 Å². The van der Waals surface area contributed by atoms with E-state index in [2.05, 4.69) is 15.4 Å². The van der Waals surface area contributed by atoms with Gasteiger partial charge in [0.15, 0.2) is 6.61 Å². The maximum absolute atomic E-state index is 11.7. The lowest BCUT2D eigenvalue weighted by Crippen LogP contribution is -2.24. The van der Waals surface area contributed by atoms with Gasteiger partial charge in [0, 0.05) is 12.6 Å². The summed E-state index contributed by atoms with van der Waals surface area (Å²) in [4.78, 5) is 4.25. The van der Waals surface area contributed by atoms with Gasteiger partial charge in [-0.05, 0) is 6.92 Å². The lowest BCUT2D eigenvalue weighted by Gasteiger charge is -2.08. The Balaban J connectivity index is 2.43. The molecule has 0 aliphatic heterocycles. The van der Waals surface area contributed by atoms with Gasteiger partial charge in [-0.2, -0.15) is 23.8 Å². The fraction of sp³-hybridized carbons (Fsp3) is 0.625. The normalized spacial score (nSPS) is 12.1. The number of halogens is 4. The van der Waals surface area contributed by atoms with Crippen molar-refractivity contribution in [3.8, 4) is 0 Å². The summed E-state index contributed by atoms with van der Waals surface area (Å²) in [5.74, 6) is 0. The number of rotatable bonds is 4. The molecule has 16 heavy (non-hydrogen) atoms. The number of hydrogen-bond donors (Lipinski definition) is 1. The molecule has 1 rings (SSSR count). The minimum absolute atomic E-state index is 0.0780. The summed E-state index contributed by atoms with van der Waals surface area (Å²) in [7, 11) is 1.65. The van der Waals surface area contributed by atoms with E-state index in [-0.39, 0.29) is 6.54 Å². The lowest BCUT2D eigenvalue weighted by atomic mass is 10.3. The minimum Gasteiger partial charge on any atom is -0.292 e. The highest BCUT2D eigenvalue weighted by Gasteiger charge is 2.27. The molecule has 1 heterocycles. The Hall–Kier alpha value is -0.790. The number of aromatic nitrogens is 2. The van der Waals surface area contributed by atoms with Gasteiger partial charge in [-0.3, -0.25) is 9.52 Å². The predicted molar refractivity (Wildman–Crippen MR) is 51.8 cm³/mol. The fourth-order valence-electron chi connectivity index (χ4n) is 1.13. The van der Waals surface area contributed by atoms with Gasteiger partial charge >= 0.3 is 6.18 Å². The molecule has 0 bridgehead atoms. The number of hydroxylamine groups is 1. The van der Waals surface area contributed by atoms with Gasteiger partial charge in [0.1, 0.15) is 5.15 Å². The van der Waals surface area contributed by atoms with E-state index in [1.165, 1.54) is 4.68 Å². The molecule has 0 unspecified atom stereocenters. The monoisotopic (exact) mass is 257 g/mol. The molecule has 0 aliphatic carbocycles. The summed E-state index contributed by atoms with van der Waals surface area (Å²) in [6.45, 7) is 0.450. The molecular formula is C8H11ClF3N3O. The van der Waals surface area contributed by atoms with Crippen LogP contribution in [0.4, 0.5) is 13.2 Å². The Morgan fingerprint density at radius 3 is 2.56 bits per heavy atom. The van der Waals surface area contributed by atoms with Gasteiger partial charge in [-0.25, -0.2) is 0 Å². The van der Waals surface area contributed by atoms with Gasteiger partial charge in [-0.1, -0.05) is 11.6 Å². The standard InChI is InChI=1S/C8H11ClF3N3O/c1-5-6(7(9)15(2)14-5)3-13-16-4-8(10,11)12/h13H,3-4H2,1-2H3. The maximum atomic E-state index is 11.7. The van der Waals surface area contributed by atoms with Crippen LogP contribution in [0, 0.1) is 6.92 Å². The summed E-state index contributed by atoms with van der Waals surface area (Å²) in [5.41, 5.74) is 3.46. The van der Waals surface area contributed by atoms with Crippen molar-refractivity contribution in [2.75, 3.05) is 6.61 Å². The number of nitrogens with one attached hydrogen (secondary N) is 1. The Kier molecular flexibility index (Phi) is 4.17. The molecule has 0 fully saturated rings. The third-order valence-corrected chi connectivity index (χ3v) is 2.33. The molecule has 4 nitrogen and oxygen atoms in total. The summed E-state index contributed by atoms with van der Waals surface area (Å²) in [6.07, 6.45) is -4.35. The van der Waals surface area contributed by atoms with E-state index in [9.17, 15) is 13.2 Å². The van der Waals surface area contributed by atoms with Gasteiger partial charge in [0.2, 0.25) is 0 Å². The molecule has 0 saturated carbocycles. The summed E-state index contributed by atoms with van der Waals surface area (Å²) < 4.78 is 36.7. The topological polar surface area (TPSA) is 39.1 Å². The Morgan fingerprint density at radius 1 is 1.50 bits per heavy atom. The zero-order valence-electron chi connectivity index (χ0n) is 8.73. The third kappa shape index (κ3) is 3.66. The largest absolute Gasteiger partial charge is 0.413 e. The van der Waals surface area contributed by atoms with Crippen molar-refractivity contribution >= 4 is 11.6 Å². The highest BCUT2D eigenvalue weighted by Crippen LogP contribution is 2.18. The summed E-state index contributed by atoms with van der Waals surface area (Å²) in [6, 6.07) is 0. The van der Waals surface area contributed by atoms with E-state index in [0.717, 1.165) is 0 Å². The molecular weight excluding hydrogens is 247 g/mol. The van der Waals surface area contributed by atoms with Crippen molar-refractivity contribution in [3.05, 3.63) is 16.4 Å². The van der Waals surface area contributed by atoms with E-state index < -0.39 is 12.8 Å². The van der Waals surface area contributed by atoms with Crippen molar-refractivity contribution in [1.82, 2.24) is 15.3 Å². The highest BCUT2D eigenvalue weighted by molar-refractivity contribution is 6.30. The number of nitrogens with zero attached hydrogens (tertiary/aromatic N) is 2. The number of aryl methyl sites for hydroxylation is 2. The van der Waals surface area contributed by atoms with Crippen LogP contribution in [0.2, 0.25) is 5.15 Å². The quantitative estimate of drug-likeness (QED) is 0.662. The van der Waals surface area contributed by atoms with E-state index in [4.69, 9.17) is 11.6 Å². The average Bonchev–Trinajstić information content (AvgIpc) is 2.36. The van der Waals surface area contributed by atoms with Crippen molar-refractivity contribution in [2.45, 2.75) is 19.6 Å². The molecule has 1 aromatic rings. The van der Waals surface area contributed by atoms with Gasteiger partial charge in [-0.15, -0.1) is 0 Å². The van der Waals surface area contributed by atoms with Crippen LogP contribution in [0.5, 0.6) is 0 Å². The van der Waals surface area contributed by atoms with Gasteiger partial charge < -0.3 is 0 Å². The SMILES string of the molecule is Cc1nn(C)c(Cl)c1CNOCC(F)(F)F. The van der Waals surface area contributed by atoms with Crippen molar-refractivity contribution in [2.24, 2.45) is 7.05 Å². The van der Waals surface area contributed by atoms with Crippen LogP contribution in [-0.4, -0.2) is 22.6 Å². The first-order valence-corrected chi connectivity index (χ1v) is 4.78. The van der Waals surface area contributed by atoms with E-state index in [0.29, 0.717) is 16.4 Å². The van der Waals surface area contributed by atoms with E-state index in [1.807, 2.05) is 0 Å². The Bertz CT molecular complexity index is 364. The molecule has 0 atom stereocenters. The van der Waals surface area contributed by atoms with Crippen LogP contribution in [0.15, 0.2) is 0 Å². The Morgan fingerprint density at radius 2 is 2.12 bits per heavy atom. The number of hydrogen-bond acceptors (Lipinski definition) is 3.